The zero-order valence-corrected chi connectivity index (χ0v) is 17.9. The fraction of sp³-hybridized carbons (Fsp3) is 0.400. The molecular formula is C25H26N4O2. The van der Waals surface area contributed by atoms with Crippen molar-refractivity contribution in [3.05, 3.63) is 53.6 Å². The number of rotatable bonds is 1. The first-order chi connectivity index (χ1) is 14.9. The first-order valence-electron chi connectivity index (χ1n) is 10.8. The van der Waals surface area contributed by atoms with Crippen molar-refractivity contribution in [1.82, 2.24) is 4.90 Å². The number of nitrogens with two attached hydrogens (primary N) is 1. The van der Waals surface area contributed by atoms with E-state index in [2.05, 4.69) is 13.0 Å². The van der Waals surface area contributed by atoms with Gasteiger partial charge < -0.3 is 10.5 Å². The highest BCUT2D eigenvalue weighted by molar-refractivity contribution is 6.07. The van der Waals surface area contributed by atoms with Crippen molar-refractivity contribution < 1.29 is 9.53 Å². The van der Waals surface area contributed by atoms with Crippen LogP contribution in [0.4, 0.5) is 0 Å². The molecule has 2 spiro atoms. The standard InChI is InChI=1S/C25H26N4O2/c1-16-5-4-10-24(13-16)15-25(22(30)29(2)23(27)28-25)20-12-19(8-9-21(20)31-24)18-7-3-6-17(11-18)14-26/h3,6-9,11-12,16H,4-5,10,13,15H2,1-2H3,(H2,27,28). The maximum Gasteiger partial charge on any atom is 0.261 e. The molecule has 0 aromatic heterocycles. The number of fused-ring (bicyclic) bond motifs is 2. The molecule has 6 nitrogen and oxygen atoms in total. The summed E-state index contributed by atoms with van der Waals surface area (Å²) in [6.07, 6.45) is 4.58. The Hall–Kier alpha value is -3.33. The highest BCUT2D eigenvalue weighted by Crippen LogP contribution is 2.54. The molecule has 2 N–H and O–H groups in total. The smallest absolute Gasteiger partial charge is 0.261 e. The summed E-state index contributed by atoms with van der Waals surface area (Å²) in [5.74, 6) is 1.39. The van der Waals surface area contributed by atoms with Crippen LogP contribution in [0.2, 0.25) is 0 Å². The Balaban J connectivity index is 1.68. The Morgan fingerprint density at radius 3 is 2.77 bits per heavy atom. The number of benzene rings is 2. The van der Waals surface area contributed by atoms with Gasteiger partial charge in [0.2, 0.25) is 0 Å². The maximum absolute atomic E-state index is 13.5. The second kappa shape index (κ2) is 6.84. The van der Waals surface area contributed by atoms with Crippen LogP contribution in [0.1, 0.15) is 50.2 Å². The number of carbonyl (C=O) groups excluding carboxylic acids is 1. The second-order valence-electron chi connectivity index (χ2n) is 9.26. The minimum atomic E-state index is -1.06. The van der Waals surface area contributed by atoms with E-state index in [1.54, 1.807) is 13.1 Å². The number of likely N-dealkylation sites (N-methyl/N-ethyl adjacent to an activating group) is 1. The first kappa shape index (κ1) is 19.6. The molecule has 3 aliphatic rings. The number of guanidine groups is 1. The third-order valence-corrected chi connectivity index (χ3v) is 7.01. The lowest BCUT2D eigenvalue weighted by molar-refractivity contribution is -0.135. The van der Waals surface area contributed by atoms with Gasteiger partial charge in [0.05, 0.1) is 11.6 Å². The van der Waals surface area contributed by atoms with Gasteiger partial charge in [0.25, 0.3) is 5.91 Å². The van der Waals surface area contributed by atoms with E-state index in [1.807, 2.05) is 36.4 Å². The molecule has 3 unspecified atom stereocenters. The van der Waals surface area contributed by atoms with E-state index >= 15 is 0 Å². The Morgan fingerprint density at radius 1 is 1.26 bits per heavy atom. The number of amides is 1. The fourth-order valence-corrected chi connectivity index (χ4v) is 5.58. The Labute approximate surface area is 182 Å². The van der Waals surface area contributed by atoms with Gasteiger partial charge in [-0.3, -0.25) is 9.69 Å². The van der Waals surface area contributed by atoms with Gasteiger partial charge in [-0.2, -0.15) is 5.26 Å². The van der Waals surface area contributed by atoms with Crippen molar-refractivity contribution in [1.29, 1.82) is 5.26 Å². The summed E-state index contributed by atoms with van der Waals surface area (Å²) < 4.78 is 6.64. The van der Waals surface area contributed by atoms with Crippen LogP contribution >= 0.6 is 0 Å². The number of ether oxygens (including phenoxy) is 1. The van der Waals surface area contributed by atoms with Crippen molar-refractivity contribution >= 4 is 11.9 Å². The lowest BCUT2D eigenvalue weighted by Crippen LogP contribution is -2.53. The monoisotopic (exact) mass is 414 g/mol. The summed E-state index contributed by atoms with van der Waals surface area (Å²) in [4.78, 5) is 19.8. The van der Waals surface area contributed by atoms with E-state index in [9.17, 15) is 10.1 Å². The molecule has 1 amide bonds. The van der Waals surface area contributed by atoms with Crippen molar-refractivity contribution in [2.75, 3.05) is 7.05 Å². The second-order valence-corrected chi connectivity index (χ2v) is 9.26. The molecule has 0 radical (unpaired) electrons. The Morgan fingerprint density at radius 2 is 2.06 bits per heavy atom. The van der Waals surface area contributed by atoms with Gasteiger partial charge in [-0.15, -0.1) is 0 Å². The fourth-order valence-electron chi connectivity index (χ4n) is 5.58. The summed E-state index contributed by atoms with van der Waals surface area (Å²) in [5.41, 5.74) is 7.86. The molecule has 2 aromatic rings. The molecule has 3 atom stereocenters. The molecule has 31 heavy (non-hydrogen) atoms. The third-order valence-electron chi connectivity index (χ3n) is 7.01. The van der Waals surface area contributed by atoms with Crippen LogP contribution in [0.5, 0.6) is 5.75 Å². The van der Waals surface area contributed by atoms with Crippen LogP contribution in [0.3, 0.4) is 0 Å². The van der Waals surface area contributed by atoms with Crippen LogP contribution in [0.15, 0.2) is 47.5 Å². The van der Waals surface area contributed by atoms with Crippen LogP contribution in [-0.4, -0.2) is 29.4 Å². The van der Waals surface area contributed by atoms with Gasteiger partial charge in [0.1, 0.15) is 11.4 Å². The Kier molecular flexibility index (Phi) is 4.33. The summed E-state index contributed by atoms with van der Waals surface area (Å²) in [5, 5.41) is 9.27. The molecule has 0 saturated heterocycles. The van der Waals surface area contributed by atoms with Crippen LogP contribution < -0.4 is 10.5 Å². The third kappa shape index (κ3) is 2.99. The normalized spacial score (nSPS) is 29.5. The molecule has 1 aliphatic carbocycles. The molecule has 2 heterocycles. The minimum Gasteiger partial charge on any atom is -0.487 e. The number of hydrogen-bond donors (Lipinski definition) is 1. The van der Waals surface area contributed by atoms with Crippen LogP contribution in [0, 0.1) is 17.2 Å². The number of nitriles is 1. The zero-order valence-electron chi connectivity index (χ0n) is 17.9. The quantitative estimate of drug-likeness (QED) is 0.765. The van der Waals surface area contributed by atoms with E-state index in [0.29, 0.717) is 23.7 Å². The number of aliphatic imine (C=N–C) groups is 1. The molecule has 158 valence electrons. The molecule has 1 fully saturated rings. The largest absolute Gasteiger partial charge is 0.487 e. The number of nitrogens with zero attached hydrogens (tertiary/aromatic N) is 3. The van der Waals surface area contributed by atoms with Gasteiger partial charge in [0.15, 0.2) is 11.5 Å². The van der Waals surface area contributed by atoms with Crippen molar-refractivity contribution in [2.24, 2.45) is 16.6 Å². The van der Waals surface area contributed by atoms with Crippen molar-refractivity contribution in [2.45, 2.75) is 50.2 Å². The average Bonchev–Trinajstić information content (AvgIpc) is 2.97. The highest BCUT2D eigenvalue weighted by Gasteiger charge is 2.58. The number of hydrogen-bond acceptors (Lipinski definition) is 5. The predicted molar refractivity (Wildman–Crippen MR) is 118 cm³/mol. The highest BCUT2D eigenvalue weighted by atomic mass is 16.5. The summed E-state index contributed by atoms with van der Waals surface area (Å²) in [6.45, 7) is 2.25. The van der Waals surface area contributed by atoms with Crippen LogP contribution in [-0.2, 0) is 10.3 Å². The lowest BCUT2D eigenvalue weighted by Gasteiger charge is -2.48. The molecule has 2 aliphatic heterocycles. The predicted octanol–water partition coefficient (Wildman–Crippen LogP) is 3.94. The summed E-state index contributed by atoms with van der Waals surface area (Å²) >= 11 is 0. The zero-order chi connectivity index (χ0) is 21.8. The van der Waals surface area contributed by atoms with Crippen molar-refractivity contribution in [3.8, 4) is 22.9 Å². The van der Waals surface area contributed by atoms with E-state index in [-0.39, 0.29) is 11.9 Å². The minimum absolute atomic E-state index is 0.102. The molecule has 6 heteroatoms. The van der Waals surface area contributed by atoms with Gasteiger partial charge in [0, 0.05) is 19.0 Å². The van der Waals surface area contributed by atoms with E-state index in [0.717, 1.165) is 36.0 Å². The van der Waals surface area contributed by atoms with E-state index in [1.165, 1.54) is 11.3 Å². The van der Waals surface area contributed by atoms with Gasteiger partial charge >= 0.3 is 0 Å². The maximum atomic E-state index is 13.5. The topological polar surface area (TPSA) is 91.7 Å². The van der Waals surface area contributed by atoms with Gasteiger partial charge in [-0.25, -0.2) is 4.99 Å². The summed E-state index contributed by atoms with van der Waals surface area (Å²) in [7, 11) is 1.68. The van der Waals surface area contributed by atoms with Gasteiger partial charge in [-0.05, 0) is 60.6 Å². The van der Waals surface area contributed by atoms with Crippen molar-refractivity contribution in [3.63, 3.8) is 0 Å². The molecule has 2 aromatic carbocycles. The summed E-state index contributed by atoms with van der Waals surface area (Å²) in [6, 6.07) is 15.6. The Bertz CT molecular complexity index is 1150. The molecular weight excluding hydrogens is 388 g/mol. The van der Waals surface area contributed by atoms with Gasteiger partial charge in [-0.1, -0.05) is 31.5 Å². The molecule has 5 rings (SSSR count). The van der Waals surface area contributed by atoms with E-state index in [4.69, 9.17) is 15.5 Å². The first-order valence-corrected chi connectivity index (χ1v) is 10.8. The SMILES string of the molecule is CC1CCCC2(C1)CC1(N=C(N)N(C)C1=O)c1cc(-c3cccc(C#N)c3)ccc1O2. The average molecular weight is 415 g/mol. The molecule has 1 saturated carbocycles. The molecule has 0 bridgehead atoms. The van der Waals surface area contributed by atoms with E-state index < -0.39 is 11.1 Å². The van der Waals surface area contributed by atoms with Crippen LogP contribution in [0.25, 0.3) is 11.1 Å². The number of carbonyl (C=O) groups is 1. The lowest BCUT2D eigenvalue weighted by atomic mass is 9.68.